The van der Waals surface area contributed by atoms with Gasteiger partial charge in [0.15, 0.2) is 17.3 Å². The smallest absolute Gasteiger partial charge is 0.342 e. The number of ether oxygens (including phenoxy) is 2. The number of aromatic amines is 1. The summed E-state index contributed by atoms with van der Waals surface area (Å²) in [5.41, 5.74) is 1.69. The van der Waals surface area contributed by atoms with Crippen LogP contribution < -0.4 is 9.47 Å². The monoisotopic (exact) mass is 589 g/mol. The lowest BCUT2D eigenvalue weighted by molar-refractivity contribution is -0.131. The third kappa shape index (κ3) is 6.26. The first kappa shape index (κ1) is 25.7. The average Bonchev–Trinajstić information content (AvgIpc) is 3.32. The molecule has 7 nitrogen and oxygen atoms in total. The van der Waals surface area contributed by atoms with Crippen molar-refractivity contribution in [1.29, 1.82) is 0 Å². The first-order valence-corrected chi connectivity index (χ1v) is 12.4. The summed E-state index contributed by atoms with van der Waals surface area (Å²) < 4.78 is 25.7. The van der Waals surface area contributed by atoms with Crippen molar-refractivity contribution in [3.63, 3.8) is 0 Å². The van der Waals surface area contributed by atoms with Crippen LogP contribution in [0.5, 0.6) is 11.5 Å². The third-order valence-electron chi connectivity index (χ3n) is 4.87. The van der Waals surface area contributed by atoms with Crippen LogP contribution in [0.15, 0.2) is 75.2 Å². The minimum atomic E-state index is -1.15. The molecule has 2 N–H and O–H groups in total. The molecule has 184 valence electrons. The summed E-state index contributed by atoms with van der Waals surface area (Å²) in [6, 6.07) is 16.6. The lowest BCUT2D eigenvalue weighted by Gasteiger charge is -2.14. The number of rotatable bonds is 9. The van der Waals surface area contributed by atoms with Gasteiger partial charge in [-0.3, -0.25) is 5.10 Å². The molecule has 0 bridgehead atoms. The van der Waals surface area contributed by atoms with E-state index in [0.29, 0.717) is 37.9 Å². The van der Waals surface area contributed by atoms with E-state index in [1.807, 2.05) is 0 Å². The molecule has 0 unspecified atom stereocenters. The molecule has 0 saturated carbocycles. The standard InChI is InChI=1S/C25H18BrClFN3O4S/c1-34-20-11-14(10-18(26)22(20)35-13-16-4-2-3-5-19(16)28)12-21(24(32)33)36-25-29-23(30-31-25)15-6-8-17(27)9-7-15/h2-12H,13H2,1H3,(H,32,33)(H,29,30,31)/b21-12-. The minimum Gasteiger partial charge on any atom is -0.493 e. The number of thioether (sulfide) groups is 1. The largest absolute Gasteiger partial charge is 0.493 e. The number of aliphatic carboxylic acids is 1. The van der Waals surface area contributed by atoms with Crippen LogP contribution in [0.25, 0.3) is 17.5 Å². The fourth-order valence-corrected chi connectivity index (χ4v) is 4.55. The second kappa shape index (κ2) is 11.6. The summed E-state index contributed by atoms with van der Waals surface area (Å²) in [5, 5.41) is 17.5. The molecule has 0 fully saturated rings. The molecule has 0 aliphatic rings. The number of nitrogens with one attached hydrogen (secondary N) is 1. The maximum absolute atomic E-state index is 13.9. The van der Waals surface area contributed by atoms with Crippen molar-refractivity contribution in [3.8, 4) is 22.9 Å². The van der Waals surface area contributed by atoms with Gasteiger partial charge < -0.3 is 14.6 Å². The number of carboxylic acid groups (broad SMARTS) is 1. The van der Waals surface area contributed by atoms with Crippen molar-refractivity contribution in [2.24, 2.45) is 0 Å². The zero-order chi connectivity index (χ0) is 25.7. The molecule has 0 spiro atoms. The third-order valence-corrected chi connectivity index (χ3v) is 6.59. The number of halogens is 3. The van der Waals surface area contributed by atoms with E-state index in [4.69, 9.17) is 21.1 Å². The van der Waals surface area contributed by atoms with E-state index in [-0.39, 0.29) is 22.5 Å². The number of methoxy groups -OCH3 is 1. The fourth-order valence-electron chi connectivity index (χ4n) is 3.14. The molecular weight excluding hydrogens is 573 g/mol. The molecule has 36 heavy (non-hydrogen) atoms. The summed E-state index contributed by atoms with van der Waals surface area (Å²) in [5.74, 6) is -0.317. The summed E-state index contributed by atoms with van der Waals surface area (Å²) in [6.07, 6.45) is 1.47. The van der Waals surface area contributed by atoms with Gasteiger partial charge in [-0.05, 0) is 81.8 Å². The molecule has 0 aliphatic carbocycles. The Morgan fingerprint density at radius 2 is 1.97 bits per heavy atom. The Kier molecular flexibility index (Phi) is 8.29. The summed E-state index contributed by atoms with van der Waals surface area (Å²) in [4.78, 5) is 16.3. The van der Waals surface area contributed by atoms with E-state index < -0.39 is 5.97 Å². The first-order valence-electron chi connectivity index (χ1n) is 10.4. The lowest BCUT2D eigenvalue weighted by atomic mass is 10.2. The van der Waals surface area contributed by atoms with Crippen molar-refractivity contribution in [1.82, 2.24) is 15.2 Å². The maximum Gasteiger partial charge on any atom is 0.342 e. The van der Waals surface area contributed by atoms with Crippen molar-refractivity contribution in [2.45, 2.75) is 11.8 Å². The number of hydrogen-bond acceptors (Lipinski definition) is 6. The Labute approximate surface area is 223 Å². The molecule has 1 aromatic heterocycles. The van der Waals surface area contributed by atoms with Crippen LogP contribution in [-0.4, -0.2) is 33.4 Å². The maximum atomic E-state index is 13.9. The molecule has 0 saturated heterocycles. The number of carbonyl (C=O) groups is 1. The molecule has 1 heterocycles. The van der Waals surface area contributed by atoms with Gasteiger partial charge in [0.1, 0.15) is 17.3 Å². The number of hydrogen-bond donors (Lipinski definition) is 2. The number of aromatic nitrogens is 3. The predicted octanol–water partition coefficient (Wildman–Crippen LogP) is 6.83. The molecule has 0 aliphatic heterocycles. The van der Waals surface area contributed by atoms with Crippen molar-refractivity contribution in [2.75, 3.05) is 7.11 Å². The number of H-pyrrole nitrogens is 1. The highest BCUT2D eigenvalue weighted by Gasteiger charge is 2.17. The summed E-state index contributed by atoms with van der Waals surface area (Å²) in [6.45, 7) is -0.00612. The van der Waals surface area contributed by atoms with E-state index in [0.717, 1.165) is 17.3 Å². The van der Waals surface area contributed by atoms with Gasteiger partial charge in [0.2, 0.25) is 5.16 Å². The molecule has 0 amide bonds. The molecule has 3 aromatic carbocycles. The Hall–Kier alpha value is -3.34. The normalized spacial score (nSPS) is 11.4. The van der Waals surface area contributed by atoms with Crippen molar-refractivity contribution in [3.05, 3.63) is 92.0 Å². The Bertz CT molecular complexity index is 1430. The molecule has 0 radical (unpaired) electrons. The van der Waals surface area contributed by atoms with Crippen LogP contribution in [0, 0.1) is 5.82 Å². The topological polar surface area (TPSA) is 97.3 Å². The number of nitrogens with zero attached hydrogens (tertiary/aromatic N) is 2. The molecular formula is C25H18BrClFN3O4S. The van der Waals surface area contributed by atoms with Crippen LogP contribution in [0.4, 0.5) is 4.39 Å². The van der Waals surface area contributed by atoms with Gasteiger partial charge in [-0.25, -0.2) is 14.2 Å². The van der Waals surface area contributed by atoms with Gasteiger partial charge in [-0.15, -0.1) is 5.10 Å². The molecule has 4 aromatic rings. The first-order chi connectivity index (χ1) is 17.3. The van der Waals surface area contributed by atoms with Crippen LogP contribution in [-0.2, 0) is 11.4 Å². The van der Waals surface area contributed by atoms with Crippen LogP contribution in [0.3, 0.4) is 0 Å². The van der Waals surface area contributed by atoms with Gasteiger partial charge in [-0.2, -0.15) is 0 Å². The quantitative estimate of drug-likeness (QED) is 0.163. The van der Waals surface area contributed by atoms with Gasteiger partial charge >= 0.3 is 5.97 Å². The molecule has 4 rings (SSSR count). The van der Waals surface area contributed by atoms with Crippen molar-refractivity contribution >= 4 is 51.3 Å². The van der Waals surface area contributed by atoms with Gasteiger partial charge in [0.05, 0.1) is 11.6 Å². The SMILES string of the molecule is COc1cc(/C=C(\Sc2n[nH]c(-c3ccc(Cl)cc3)n2)C(=O)O)cc(Br)c1OCc1ccccc1F. The number of benzene rings is 3. The highest BCUT2D eigenvalue weighted by atomic mass is 79.9. The zero-order valence-electron chi connectivity index (χ0n) is 18.7. The highest BCUT2D eigenvalue weighted by Crippen LogP contribution is 2.38. The Balaban J connectivity index is 1.56. The van der Waals surface area contributed by atoms with Gasteiger partial charge in [0.25, 0.3) is 0 Å². The average molecular weight is 591 g/mol. The predicted molar refractivity (Wildman–Crippen MR) is 140 cm³/mol. The van der Waals surface area contributed by atoms with E-state index in [1.54, 1.807) is 54.6 Å². The van der Waals surface area contributed by atoms with E-state index in [1.165, 1.54) is 19.3 Å². The molecule has 11 heteroatoms. The van der Waals surface area contributed by atoms with Crippen LogP contribution in [0.1, 0.15) is 11.1 Å². The van der Waals surface area contributed by atoms with Crippen molar-refractivity contribution < 1.29 is 23.8 Å². The minimum absolute atomic E-state index is 0.00612. The fraction of sp³-hybridized carbons (Fsp3) is 0.0800. The molecule has 0 atom stereocenters. The lowest BCUT2D eigenvalue weighted by Crippen LogP contribution is -2.01. The van der Waals surface area contributed by atoms with Crippen LogP contribution >= 0.6 is 39.3 Å². The summed E-state index contributed by atoms with van der Waals surface area (Å²) >= 11 is 10.3. The Morgan fingerprint density at radius 3 is 2.67 bits per heavy atom. The van der Waals surface area contributed by atoms with Gasteiger partial charge in [-0.1, -0.05) is 29.8 Å². The second-order valence-electron chi connectivity index (χ2n) is 7.30. The highest BCUT2D eigenvalue weighted by molar-refractivity contribution is 9.10. The second-order valence-corrected chi connectivity index (χ2v) is 9.60. The summed E-state index contributed by atoms with van der Waals surface area (Å²) in [7, 11) is 1.46. The Morgan fingerprint density at radius 1 is 1.22 bits per heavy atom. The van der Waals surface area contributed by atoms with E-state index >= 15 is 0 Å². The van der Waals surface area contributed by atoms with Crippen LogP contribution in [0.2, 0.25) is 5.02 Å². The number of carboxylic acids is 1. The zero-order valence-corrected chi connectivity index (χ0v) is 21.8. The van der Waals surface area contributed by atoms with E-state index in [2.05, 4.69) is 31.1 Å². The van der Waals surface area contributed by atoms with E-state index in [9.17, 15) is 14.3 Å². The van der Waals surface area contributed by atoms with Gasteiger partial charge in [0, 0.05) is 16.1 Å².